The summed E-state index contributed by atoms with van der Waals surface area (Å²) in [5.74, 6) is 0.718. The lowest BCUT2D eigenvalue weighted by atomic mass is 9.90. The molecular formula is C14H18BrNO3. The molecule has 0 atom stereocenters. The van der Waals surface area contributed by atoms with Gasteiger partial charge in [0.05, 0.1) is 11.5 Å². The third-order valence-corrected chi connectivity index (χ3v) is 5.05. The standard InChI is InChI=1S/C14H18BrNO3/c1-11-8-12(4-5-13(11)16(17)18)19-10-14(9-15)6-2-3-7-14/h4-5,8H,2-3,6-7,9-10H2,1H3. The van der Waals surface area contributed by atoms with E-state index in [1.54, 1.807) is 19.1 Å². The molecule has 0 aromatic heterocycles. The third kappa shape index (κ3) is 3.26. The summed E-state index contributed by atoms with van der Waals surface area (Å²) in [6.07, 6.45) is 4.89. The summed E-state index contributed by atoms with van der Waals surface area (Å²) < 4.78 is 5.85. The molecule has 0 spiro atoms. The molecule has 1 saturated carbocycles. The Kier molecular flexibility index (Phi) is 4.45. The first-order valence-electron chi connectivity index (χ1n) is 6.50. The Hall–Kier alpha value is -1.10. The van der Waals surface area contributed by atoms with Gasteiger partial charge in [-0.05, 0) is 31.9 Å². The second-order valence-corrected chi connectivity index (χ2v) is 5.90. The summed E-state index contributed by atoms with van der Waals surface area (Å²) in [5, 5.41) is 11.7. The van der Waals surface area contributed by atoms with Crippen LogP contribution in [-0.4, -0.2) is 16.9 Å². The van der Waals surface area contributed by atoms with Gasteiger partial charge in [-0.25, -0.2) is 0 Å². The summed E-state index contributed by atoms with van der Waals surface area (Å²) in [5.41, 5.74) is 1.01. The van der Waals surface area contributed by atoms with E-state index in [0.29, 0.717) is 12.2 Å². The van der Waals surface area contributed by atoms with Gasteiger partial charge >= 0.3 is 0 Å². The molecular weight excluding hydrogens is 310 g/mol. The highest BCUT2D eigenvalue weighted by atomic mass is 79.9. The number of rotatable bonds is 5. The minimum atomic E-state index is -0.365. The van der Waals surface area contributed by atoms with Gasteiger partial charge in [0.1, 0.15) is 5.75 Å². The van der Waals surface area contributed by atoms with Crippen LogP contribution in [0.5, 0.6) is 5.75 Å². The zero-order chi connectivity index (χ0) is 13.9. The van der Waals surface area contributed by atoms with Crippen LogP contribution in [0.15, 0.2) is 18.2 Å². The normalized spacial score (nSPS) is 17.4. The van der Waals surface area contributed by atoms with E-state index >= 15 is 0 Å². The maximum Gasteiger partial charge on any atom is 0.272 e. The molecule has 19 heavy (non-hydrogen) atoms. The van der Waals surface area contributed by atoms with Crippen LogP contribution in [0.1, 0.15) is 31.2 Å². The highest BCUT2D eigenvalue weighted by Crippen LogP contribution is 2.40. The van der Waals surface area contributed by atoms with Gasteiger partial charge in [-0.2, -0.15) is 0 Å². The van der Waals surface area contributed by atoms with E-state index in [0.717, 1.165) is 11.1 Å². The SMILES string of the molecule is Cc1cc(OCC2(CBr)CCCC2)ccc1[N+](=O)[O-]. The molecule has 0 radical (unpaired) electrons. The number of halogens is 1. The molecule has 0 bridgehead atoms. The smallest absolute Gasteiger partial charge is 0.272 e. The van der Waals surface area contributed by atoms with E-state index in [2.05, 4.69) is 15.9 Å². The molecule has 1 fully saturated rings. The van der Waals surface area contributed by atoms with Crippen molar-refractivity contribution in [2.45, 2.75) is 32.6 Å². The fourth-order valence-corrected chi connectivity index (χ4v) is 3.32. The largest absolute Gasteiger partial charge is 0.493 e. The van der Waals surface area contributed by atoms with Crippen LogP contribution in [0, 0.1) is 22.5 Å². The molecule has 0 aliphatic heterocycles. The van der Waals surface area contributed by atoms with Gasteiger partial charge in [0, 0.05) is 22.4 Å². The lowest BCUT2D eigenvalue weighted by Gasteiger charge is -2.26. The number of hydrogen-bond acceptors (Lipinski definition) is 3. The number of hydrogen-bond donors (Lipinski definition) is 0. The van der Waals surface area contributed by atoms with Gasteiger partial charge in [0.15, 0.2) is 0 Å². The summed E-state index contributed by atoms with van der Waals surface area (Å²) in [4.78, 5) is 10.4. The Morgan fingerprint density at radius 3 is 2.63 bits per heavy atom. The fraction of sp³-hybridized carbons (Fsp3) is 0.571. The van der Waals surface area contributed by atoms with Crippen molar-refractivity contribution >= 4 is 21.6 Å². The molecule has 0 heterocycles. The zero-order valence-corrected chi connectivity index (χ0v) is 12.6. The molecule has 1 aromatic carbocycles. The van der Waals surface area contributed by atoms with Crippen LogP contribution in [0.4, 0.5) is 5.69 Å². The maximum absolute atomic E-state index is 10.8. The van der Waals surface area contributed by atoms with Gasteiger partial charge in [-0.1, -0.05) is 28.8 Å². The van der Waals surface area contributed by atoms with Crippen LogP contribution in [0.2, 0.25) is 0 Å². The Bertz CT molecular complexity index is 470. The van der Waals surface area contributed by atoms with E-state index in [9.17, 15) is 10.1 Å². The first-order chi connectivity index (χ1) is 9.06. The van der Waals surface area contributed by atoms with E-state index in [1.165, 1.54) is 31.7 Å². The number of aryl methyl sites for hydroxylation is 1. The highest BCUT2D eigenvalue weighted by Gasteiger charge is 2.33. The number of alkyl halides is 1. The number of ether oxygens (including phenoxy) is 1. The molecule has 5 heteroatoms. The topological polar surface area (TPSA) is 52.4 Å². The third-order valence-electron chi connectivity index (χ3n) is 3.86. The Morgan fingerprint density at radius 1 is 1.42 bits per heavy atom. The van der Waals surface area contributed by atoms with Gasteiger partial charge < -0.3 is 4.74 Å². The molecule has 1 aromatic rings. The molecule has 0 unspecified atom stereocenters. The summed E-state index contributed by atoms with van der Waals surface area (Å²) in [7, 11) is 0. The molecule has 0 saturated heterocycles. The van der Waals surface area contributed by atoms with Crippen LogP contribution < -0.4 is 4.74 Å². The zero-order valence-electron chi connectivity index (χ0n) is 11.0. The molecule has 104 valence electrons. The summed E-state index contributed by atoms with van der Waals surface area (Å²) in [6.45, 7) is 2.41. The maximum atomic E-state index is 10.8. The van der Waals surface area contributed by atoms with Gasteiger partial charge in [0.25, 0.3) is 5.69 Å². The minimum Gasteiger partial charge on any atom is -0.493 e. The van der Waals surface area contributed by atoms with Crippen molar-refractivity contribution in [1.82, 2.24) is 0 Å². The Balaban J connectivity index is 2.03. The number of nitro benzene ring substituents is 1. The Labute approximate surface area is 121 Å². The van der Waals surface area contributed by atoms with Gasteiger partial charge in [-0.15, -0.1) is 0 Å². The number of nitrogens with zero attached hydrogens (tertiary/aromatic N) is 1. The molecule has 0 N–H and O–H groups in total. The molecule has 2 rings (SSSR count). The van der Waals surface area contributed by atoms with Crippen molar-refractivity contribution in [3.8, 4) is 5.75 Å². The van der Waals surface area contributed by atoms with Crippen molar-refractivity contribution in [2.24, 2.45) is 5.41 Å². The lowest BCUT2D eigenvalue weighted by Crippen LogP contribution is -2.27. The second-order valence-electron chi connectivity index (χ2n) is 5.33. The summed E-state index contributed by atoms with van der Waals surface area (Å²) >= 11 is 3.58. The van der Waals surface area contributed by atoms with Crippen molar-refractivity contribution in [3.05, 3.63) is 33.9 Å². The molecule has 4 nitrogen and oxygen atoms in total. The van der Waals surface area contributed by atoms with Crippen molar-refractivity contribution in [1.29, 1.82) is 0 Å². The predicted molar refractivity (Wildman–Crippen MR) is 78.0 cm³/mol. The van der Waals surface area contributed by atoms with Crippen LogP contribution in [0.25, 0.3) is 0 Å². The molecule has 1 aliphatic carbocycles. The second kappa shape index (κ2) is 5.90. The lowest BCUT2D eigenvalue weighted by molar-refractivity contribution is -0.385. The van der Waals surface area contributed by atoms with Gasteiger partial charge in [-0.3, -0.25) is 10.1 Å². The number of benzene rings is 1. The van der Waals surface area contributed by atoms with Gasteiger partial charge in [0.2, 0.25) is 0 Å². The Morgan fingerprint density at radius 2 is 2.11 bits per heavy atom. The van der Waals surface area contributed by atoms with E-state index in [1.807, 2.05) is 0 Å². The van der Waals surface area contributed by atoms with Crippen LogP contribution >= 0.6 is 15.9 Å². The predicted octanol–water partition coefficient (Wildman–Crippen LogP) is 4.24. The van der Waals surface area contributed by atoms with Crippen molar-refractivity contribution in [3.63, 3.8) is 0 Å². The minimum absolute atomic E-state index is 0.142. The first-order valence-corrected chi connectivity index (χ1v) is 7.62. The summed E-state index contributed by atoms with van der Waals surface area (Å²) in [6, 6.07) is 4.94. The fourth-order valence-electron chi connectivity index (χ4n) is 2.60. The van der Waals surface area contributed by atoms with E-state index < -0.39 is 0 Å². The first kappa shape index (κ1) is 14.3. The van der Waals surface area contributed by atoms with Crippen molar-refractivity contribution in [2.75, 3.05) is 11.9 Å². The van der Waals surface area contributed by atoms with E-state index in [4.69, 9.17) is 4.74 Å². The van der Waals surface area contributed by atoms with Crippen LogP contribution in [0.3, 0.4) is 0 Å². The average Bonchev–Trinajstić information content (AvgIpc) is 2.85. The average molecular weight is 328 g/mol. The molecule has 0 amide bonds. The van der Waals surface area contributed by atoms with E-state index in [-0.39, 0.29) is 16.0 Å². The monoisotopic (exact) mass is 327 g/mol. The number of nitro groups is 1. The quantitative estimate of drug-likeness (QED) is 0.461. The molecule has 1 aliphatic rings. The van der Waals surface area contributed by atoms with Crippen molar-refractivity contribution < 1.29 is 9.66 Å². The van der Waals surface area contributed by atoms with Crippen LogP contribution in [-0.2, 0) is 0 Å². The highest BCUT2D eigenvalue weighted by molar-refractivity contribution is 9.09.